The summed E-state index contributed by atoms with van der Waals surface area (Å²) in [6, 6.07) is 3.86. The number of nitrogens with zero attached hydrogens (tertiary/aromatic N) is 1. The quantitative estimate of drug-likeness (QED) is 0.706. The second-order valence-corrected chi connectivity index (χ2v) is 5.12. The topological polar surface area (TPSA) is 22.1 Å². The van der Waals surface area contributed by atoms with E-state index in [0.29, 0.717) is 5.41 Å². The largest absolute Gasteiger partial charge is 0.485 e. The van der Waals surface area contributed by atoms with Gasteiger partial charge in [0.2, 0.25) is 0 Å². The molecule has 1 heterocycles. The van der Waals surface area contributed by atoms with Crippen molar-refractivity contribution in [1.29, 1.82) is 0 Å². The van der Waals surface area contributed by atoms with Crippen molar-refractivity contribution in [3.63, 3.8) is 0 Å². The summed E-state index contributed by atoms with van der Waals surface area (Å²) in [5, 5.41) is 0. The predicted molar refractivity (Wildman–Crippen MR) is 65.4 cm³/mol. The van der Waals surface area contributed by atoms with Gasteiger partial charge in [-0.05, 0) is 43.4 Å². The minimum Gasteiger partial charge on any atom is -0.485 e. The minimum atomic E-state index is 0.206. The fourth-order valence-corrected chi connectivity index (χ4v) is 1.97. The molecule has 1 aromatic heterocycles. The highest BCUT2D eigenvalue weighted by atomic mass is 16.5. The summed E-state index contributed by atoms with van der Waals surface area (Å²) in [4.78, 5) is 4.05. The van der Waals surface area contributed by atoms with E-state index in [-0.39, 0.29) is 6.10 Å². The van der Waals surface area contributed by atoms with Gasteiger partial charge in [0, 0.05) is 6.20 Å². The molecule has 0 aromatic carbocycles. The molecule has 1 aliphatic carbocycles. The van der Waals surface area contributed by atoms with Gasteiger partial charge in [0.1, 0.15) is 11.9 Å². The zero-order valence-electron chi connectivity index (χ0n) is 10.2. The number of rotatable bonds is 2. The van der Waals surface area contributed by atoms with E-state index in [1.165, 1.54) is 12.0 Å². The maximum absolute atomic E-state index is 5.88. The second-order valence-electron chi connectivity index (χ2n) is 5.12. The van der Waals surface area contributed by atoms with Gasteiger partial charge in [0.25, 0.3) is 0 Å². The molecule has 1 aliphatic rings. The third-order valence-electron chi connectivity index (χ3n) is 3.48. The normalized spacial score (nSPS) is 23.7. The van der Waals surface area contributed by atoms with Crippen LogP contribution in [0.4, 0.5) is 0 Å². The molecule has 2 nitrogen and oxygen atoms in total. The lowest BCUT2D eigenvalue weighted by molar-refractivity contribution is 0.195. The molecule has 1 aromatic rings. The molecule has 0 radical (unpaired) electrons. The zero-order valence-corrected chi connectivity index (χ0v) is 10.2. The Labute approximate surface area is 97.4 Å². The van der Waals surface area contributed by atoms with E-state index in [0.717, 1.165) is 12.2 Å². The van der Waals surface area contributed by atoms with Crippen LogP contribution >= 0.6 is 0 Å². The molecule has 86 valence electrons. The number of allylic oxidation sites excluding steroid dienone is 1. The van der Waals surface area contributed by atoms with Crippen molar-refractivity contribution in [2.45, 2.75) is 39.7 Å². The molecule has 2 rings (SSSR count). The van der Waals surface area contributed by atoms with Crippen molar-refractivity contribution < 1.29 is 4.74 Å². The van der Waals surface area contributed by atoms with Crippen LogP contribution in [0.15, 0.2) is 36.2 Å². The molecule has 0 bridgehead atoms. The average molecular weight is 217 g/mol. The fourth-order valence-electron chi connectivity index (χ4n) is 1.97. The van der Waals surface area contributed by atoms with Crippen molar-refractivity contribution in [3.8, 4) is 5.75 Å². The molecule has 0 fully saturated rings. The Balaban J connectivity index is 2.06. The summed E-state index contributed by atoms with van der Waals surface area (Å²) >= 11 is 0. The molecule has 0 saturated carbocycles. The van der Waals surface area contributed by atoms with E-state index < -0.39 is 0 Å². The van der Waals surface area contributed by atoms with Gasteiger partial charge in [-0.3, -0.25) is 4.98 Å². The molecular formula is C14H19NO. The molecule has 0 N–H and O–H groups in total. The van der Waals surface area contributed by atoms with E-state index in [1.807, 2.05) is 12.1 Å². The van der Waals surface area contributed by atoms with Gasteiger partial charge in [-0.15, -0.1) is 0 Å². The van der Waals surface area contributed by atoms with Gasteiger partial charge < -0.3 is 4.74 Å². The van der Waals surface area contributed by atoms with E-state index in [9.17, 15) is 0 Å². The van der Waals surface area contributed by atoms with Crippen LogP contribution in [0, 0.1) is 5.41 Å². The minimum absolute atomic E-state index is 0.206. The molecule has 0 aliphatic heterocycles. The van der Waals surface area contributed by atoms with Crippen LogP contribution in [0.2, 0.25) is 0 Å². The fraction of sp³-hybridized carbons (Fsp3) is 0.500. The zero-order chi connectivity index (χ0) is 11.6. The highest BCUT2D eigenvalue weighted by molar-refractivity contribution is 5.20. The number of pyridine rings is 1. The van der Waals surface area contributed by atoms with E-state index >= 15 is 0 Å². The SMILES string of the molecule is CC1=C[C@@H](Oc2cccnc2)CCC1(C)C. The average Bonchev–Trinajstić information content (AvgIpc) is 2.26. The van der Waals surface area contributed by atoms with Gasteiger partial charge in [0.05, 0.1) is 6.20 Å². The summed E-state index contributed by atoms with van der Waals surface area (Å²) in [6.07, 6.45) is 8.24. The Morgan fingerprint density at radius 1 is 1.44 bits per heavy atom. The lowest BCUT2D eigenvalue weighted by atomic mass is 9.76. The Kier molecular flexibility index (Phi) is 2.99. The van der Waals surface area contributed by atoms with Gasteiger partial charge >= 0.3 is 0 Å². The Morgan fingerprint density at radius 2 is 2.25 bits per heavy atom. The Morgan fingerprint density at radius 3 is 2.88 bits per heavy atom. The van der Waals surface area contributed by atoms with Crippen molar-refractivity contribution in [3.05, 3.63) is 36.2 Å². The van der Waals surface area contributed by atoms with E-state index in [1.54, 1.807) is 12.4 Å². The van der Waals surface area contributed by atoms with Crippen molar-refractivity contribution >= 4 is 0 Å². The molecule has 16 heavy (non-hydrogen) atoms. The van der Waals surface area contributed by atoms with Crippen molar-refractivity contribution in [1.82, 2.24) is 4.98 Å². The van der Waals surface area contributed by atoms with Gasteiger partial charge in [0.15, 0.2) is 0 Å². The van der Waals surface area contributed by atoms with Gasteiger partial charge in [-0.2, -0.15) is 0 Å². The number of ether oxygens (including phenoxy) is 1. The molecule has 0 saturated heterocycles. The summed E-state index contributed by atoms with van der Waals surface area (Å²) in [7, 11) is 0. The summed E-state index contributed by atoms with van der Waals surface area (Å²) in [5.41, 5.74) is 1.75. The second kappa shape index (κ2) is 4.28. The third-order valence-corrected chi connectivity index (χ3v) is 3.48. The third kappa shape index (κ3) is 2.43. The first-order valence-corrected chi connectivity index (χ1v) is 5.83. The van der Waals surface area contributed by atoms with Crippen molar-refractivity contribution in [2.24, 2.45) is 5.41 Å². The maximum atomic E-state index is 5.88. The highest BCUT2D eigenvalue weighted by Crippen LogP contribution is 2.37. The van der Waals surface area contributed by atoms with Crippen LogP contribution in [-0.4, -0.2) is 11.1 Å². The van der Waals surface area contributed by atoms with Crippen molar-refractivity contribution in [2.75, 3.05) is 0 Å². The predicted octanol–water partition coefficient (Wildman–Crippen LogP) is 3.60. The Bertz CT molecular complexity index is 381. The number of hydrogen-bond acceptors (Lipinski definition) is 2. The molecule has 0 spiro atoms. The molecule has 2 heteroatoms. The maximum Gasteiger partial charge on any atom is 0.138 e. The van der Waals surface area contributed by atoms with Crippen LogP contribution in [0.3, 0.4) is 0 Å². The summed E-state index contributed by atoms with van der Waals surface area (Å²) in [6.45, 7) is 6.77. The van der Waals surface area contributed by atoms with Gasteiger partial charge in [-0.25, -0.2) is 0 Å². The monoisotopic (exact) mass is 217 g/mol. The first-order chi connectivity index (χ1) is 7.58. The number of hydrogen-bond donors (Lipinski definition) is 0. The molecular weight excluding hydrogens is 198 g/mol. The molecule has 0 unspecified atom stereocenters. The smallest absolute Gasteiger partial charge is 0.138 e. The first-order valence-electron chi connectivity index (χ1n) is 5.83. The van der Waals surface area contributed by atoms with Crippen LogP contribution in [0.1, 0.15) is 33.6 Å². The van der Waals surface area contributed by atoms with Crippen LogP contribution < -0.4 is 4.74 Å². The van der Waals surface area contributed by atoms with E-state index in [4.69, 9.17) is 4.74 Å². The van der Waals surface area contributed by atoms with Crippen LogP contribution in [-0.2, 0) is 0 Å². The summed E-state index contributed by atoms with van der Waals surface area (Å²) < 4.78 is 5.88. The lowest BCUT2D eigenvalue weighted by Crippen LogP contribution is -2.26. The Hall–Kier alpha value is -1.31. The number of aromatic nitrogens is 1. The van der Waals surface area contributed by atoms with Crippen LogP contribution in [0.5, 0.6) is 5.75 Å². The standard InChI is InChI=1S/C14H19NO/c1-11-9-12(6-7-14(11,2)3)16-13-5-4-8-15-10-13/h4-5,8-10,12H,6-7H2,1-3H3/t12-/m0/s1. The first kappa shape index (κ1) is 11.2. The molecule has 1 atom stereocenters. The van der Waals surface area contributed by atoms with E-state index in [2.05, 4.69) is 31.8 Å². The van der Waals surface area contributed by atoms with Crippen LogP contribution in [0.25, 0.3) is 0 Å². The van der Waals surface area contributed by atoms with Gasteiger partial charge in [-0.1, -0.05) is 19.4 Å². The molecule has 0 amide bonds. The summed E-state index contributed by atoms with van der Waals surface area (Å²) in [5.74, 6) is 0.858. The highest BCUT2D eigenvalue weighted by Gasteiger charge is 2.27. The lowest BCUT2D eigenvalue weighted by Gasteiger charge is -2.33.